The second-order valence-electron chi connectivity index (χ2n) is 12.1. The minimum Gasteiger partial charge on any atom is -0.341 e. The van der Waals surface area contributed by atoms with Crippen LogP contribution < -0.4 is 5.32 Å². The molecule has 3 aliphatic rings. The smallest absolute Gasteiger partial charge is 0.341 e. The molecule has 1 saturated carbocycles. The number of aliphatic imine (C=N–C) groups is 1. The van der Waals surface area contributed by atoms with Crippen LogP contribution >= 0.6 is 0 Å². The zero-order valence-corrected chi connectivity index (χ0v) is 23.7. The summed E-state index contributed by atoms with van der Waals surface area (Å²) in [6, 6.07) is 13.4. The van der Waals surface area contributed by atoms with Crippen LogP contribution in [0.2, 0.25) is 0 Å². The predicted molar refractivity (Wildman–Crippen MR) is 152 cm³/mol. The molecule has 7 nitrogen and oxygen atoms in total. The molecule has 0 aromatic heterocycles. The summed E-state index contributed by atoms with van der Waals surface area (Å²) in [7, 11) is 0. The lowest BCUT2D eigenvalue weighted by molar-refractivity contribution is -0.133. The van der Waals surface area contributed by atoms with Crippen molar-refractivity contribution < 1.29 is 14.0 Å². The van der Waals surface area contributed by atoms with Gasteiger partial charge in [-0.05, 0) is 90.5 Å². The first-order chi connectivity index (χ1) is 19.1. The highest BCUT2D eigenvalue weighted by atomic mass is 19.1. The van der Waals surface area contributed by atoms with E-state index in [0.29, 0.717) is 28.5 Å². The Kier molecular flexibility index (Phi) is 7.65. The number of benzene rings is 2. The van der Waals surface area contributed by atoms with Crippen molar-refractivity contribution in [3.8, 4) is 0 Å². The number of nitrogens with zero attached hydrogens (tertiary/aromatic N) is 4. The number of amides is 2. The Morgan fingerprint density at radius 3 is 2.33 bits per heavy atom. The molecule has 40 heavy (non-hydrogen) atoms. The monoisotopic (exact) mass is 542 g/mol. The molecule has 208 valence electrons. The third-order valence-electron chi connectivity index (χ3n) is 8.52. The lowest BCUT2D eigenvalue weighted by atomic mass is 9.69. The van der Waals surface area contributed by atoms with Gasteiger partial charge in [-0.3, -0.25) is 14.6 Å². The average Bonchev–Trinajstić information content (AvgIpc) is 3.17. The van der Waals surface area contributed by atoms with Crippen LogP contribution in [0.5, 0.6) is 0 Å². The number of rotatable bonds is 8. The molecule has 0 radical (unpaired) electrons. The summed E-state index contributed by atoms with van der Waals surface area (Å²) in [5.41, 5.74) is 2.73. The van der Waals surface area contributed by atoms with Gasteiger partial charge in [0.2, 0.25) is 0 Å². The Morgan fingerprint density at radius 2 is 1.77 bits per heavy atom. The van der Waals surface area contributed by atoms with Crippen LogP contribution in [-0.4, -0.2) is 34.6 Å². The molecule has 1 unspecified atom stereocenters. The van der Waals surface area contributed by atoms with Crippen LogP contribution in [0.25, 0.3) is 0 Å². The van der Waals surface area contributed by atoms with Gasteiger partial charge >= 0.3 is 11.9 Å². The molecule has 1 N–H and O–H groups in total. The molecule has 2 aromatic rings. The van der Waals surface area contributed by atoms with Gasteiger partial charge in [-0.25, -0.2) is 4.39 Å². The Labute approximate surface area is 235 Å². The van der Waals surface area contributed by atoms with Gasteiger partial charge in [-0.15, -0.1) is 0 Å². The van der Waals surface area contributed by atoms with Crippen molar-refractivity contribution in [1.82, 2.24) is 10.2 Å². The second kappa shape index (κ2) is 11.0. The summed E-state index contributed by atoms with van der Waals surface area (Å²) >= 11 is 0. The first kappa shape index (κ1) is 27.8. The summed E-state index contributed by atoms with van der Waals surface area (Å²) in [6.07, 6.45) is 7.87. The largest absolute Gasteiger partial charge is 0.451 e. The van der Waals surface area contributed by atoms with E-state index >= 15 is 0 Å². The molecule has 2 aromatic carbocycles. The van der Waals surface area contributed by atoms with Crippen molar-refractivity contribution in [1.29, 1.82) is 0 Å². The normalized spacial score (nSPS) is 22.9. The van der Waals surface area contributed by atoms with E-state index in [0.717, 1.165) is 44.1 Å². The Hall–Kier alpha value is -3.77. The summed E-state index contributed by atoms with van der Waals surface area (Å²) in [6.45, 7) is 9.24. The molecule has 2 amide bonds. The van der Waals surface area contributed by atoms with Gasteiger partial charge in [-0.1, -0.05) is 46.2 Å². The fourth-order valence-electron chi connectivity index (χ4n) is 6.18. The van der Waals surface area contributed by atoms with E-state index in [-0.39, 0.29) is 35.6 Å². The Morgan fingerprint density at radius 1 is 1.12 bits per heavy atom. The van der Waals surface area contributed by atoms with Crippen molar-refractivity contribution in [2.24, 2.45) is 26.6 Å². The third kappa shape index (κ3) is 5.46. The standard InChI is InChI=1S/C32H36FN5O2/c1-5-6-27(21-7-9-23(10-8-21)29(39)34-19-26-20-35-37-26)38-30(40)28(22-11-13-25(33)14-12-22)36-32(38)17-15-24(16-18-32)31(2,3)4/h7-14,24,27H,5-6,15-19H2,1-4H3/p+1. The fraction of sp³-hybridized carbons (Fsp3) is 0.469. The van der Waals surface area contributed by atoms with E-state index in [1.807, 2.05) is 17.0 Å². The summed E-state index contributed by atoms with van der Waals surface area (Å²) in [5.74, 6) is -0.101. The maximum Gasteiger partial charge on any atom is 0.451 e. The SMILES string of the molecule is CCCC(c1ccc(C(=O)NCC2=[C+]N=N2)cc1)N1C(=O)C(c2ccc(F)cc2)=NC12CCC(C(C)(C)C)CC2. The molecule has 1 spiro atoms. The Balaban J connectivity index is 1.45. The van der Waals surface area contributed by atoms with Crippen LogP contribution in [0.15, 0.2) is 69.4 Å². The average molecular weight is 543 g/mol. The van der Waals surface area contributed by atoms with Gasteiger partial charge in [-0.2, -0.15) is 0 Å². The molecular formula is C32H37FN5O2+. The van der Waals surface area contributed by atoms with Gasteiger partial charge in [0.05, 0.1) is 6.04 Å². The first-order valence-corrected chi connectivity index (χ1v) is 14.2. The maximum atomic E-state index is 14.2. The predicted octanol–water partition coefficient (Wildman–Crippen LogP) is 6.77. The fourth-order valence-corrected chi connectivity index (χ4v) is 6.18. The van der Waals surface area contributed by atoms with Crippen LogP contribution in [0.4, 0.5) is 4.39 Å². The van der Waals surface area contributed by atoms with Crippen LogP contribution in [-0.2, 0) is 4.79 Å². The third-order valence-corrected chi connectivity index (χ3v) is 8.52. The highest BCUT2D eigenvalue weighted by molar-refractivity contribution is 6.46. The van der Waals surface area contributed by atoms with Crippen LogP contribution in [0, 0.1) is 23.4 Å². The van der Waals surface area contributed by atoms with Crippen molar-refractivity contribution in [2.75, 3.05) is 6.54 Å². The summed E-state index contributed by atoms with van der Waals surface area (Å²) < 4.78 is 13.7. The highest BCUT2D eigenvalue weighted by Gasteiger charge is 2.52. The van der Waals surface area contributed by atoms with Gasteiger partial charge in [0.1, 0.15) is 28.9 Å². The number of halogens is 1. The molecule has 0 bridgehead atoms. The van der Waals surface area contributed by atoms with E-state index in [1.54, 1.807) is 24.3 Å². The quantitative estimate of drug-likeness (QED) is 0.373. The van der Waals surface area contributed by atoms with Crippen LogP contribution in [0.1, 0.15) is 93.7 Å². The molecule has 5 rings (SSSR count). The molecule has 0 saturated heterocycles. The van der Waals surface area contributed by atoms with E-state index < -0.39 is 5.66 Å². The van der Waals surface area contributed by atoms with E-state index in [2.05, 4.69) is 49.4 Å². The lowest BCUT2D eigenvalue weighted by Gasteiger charge is -2.47. The molecule has 2 aliphatic heterocycles. The number of azo groups is 1. The van der Waals surface area contributed by atoms with Gasteiger partial charge in [0.25, 0.3) is 11.8 Å². The van der Waals surface area contributed by atoms with E-state index in [9.17, 15) is 14.0 Å². The Bertz CT molecular complexity index is 1350. The van der Waals surface area contributed by atoms with Crippen LogP contribution in [0.3, 0.4) is 0 Å². The zero-order chi connectivity index (χ0) is 28.5. The number of nitrogens with one attached hydrogen (secondary N) is 1. The van der Waals surface area contributed by atoms with Crippen molar-refractivity contribution in [3.63, 3.8) is 0 Å². The van der Waals surface area contributed by atoms with E-state index in [4.69, 9.17) is 4.99 Å². The highest BCUT2D eigenvalue weighted by Crippen LogP contribution is 2.49. The maximum absolute atomic E-state index is 14.2. The number of hydrogen-bond acceptors (Lipinski definition) is 5. The van der Waals surface area contributed by atoms with Gasteiger partial charge < -0.3 is 10.2 Å². The van der Waals surface area contributed by atoms with Crippen molar-refractivity contribution in [3.05, 3.63) is 82.9 Å². The van der Waals surface area contributed by atoms with Gasteiger partial charge in [0, 0.05) is 11.1 Å². The zero-order valence-electron chi connectivity index (χ0n) is 23.7. The molecule has 2 heterocycles. The summed E-state index contributed by atoms with van der Waals surface area (Å²) in [4.78, 5) is 34.0. The number of hydrogen-bond donors (Lipinski definition) is 1. The molecule has 1 fully saturated rings. The lowest BCUT2D eigenvalue weighted by Crippen LogP contribution is -2.51. The molecule has 1 aliphatic carbocycles. The topological polar surface area (TPSA) is 86.5 Å². The first-order valence-electron chi connectivity index (χ1n) is 14.2. The van der Waals surface area contributed by atoms with Crippen molar-refractivity contribution in [2.45, 2.75) is 77.9 Å². The van der Waals surface area contributed by atoms with Gasteiger partial charge in [0.15, 0.2) is 0 Å². The number of carbonyl (C=O) groups excluding carboxylic acids is 2. The molecular weight excluding hydrogens is 505 g/mol. The summed E-state index contributed by atoms with van der Waals surface area (Å²) in [5, 5.41) is 10.2. The minimum absolute atomic E-state index is 0.111. The minimum atomic E-state index is -0.639. The molecule has 1 atom stereocenters. The second-order valence-corrected chi connectivity index (χ2v) is 12.1. The van der Waals surface area contributed by atoms with Crippen molar-refractivity contribution >= 4 is 17.5 Å². The molecule has 8 heteroatoms. The van der Waals surface area contributed by atoms with E-state index in [1.165, 1.54) is 12.1 Å². The number of carbonyl (C=O) groups is 2.